The van der Waals surface area contributed by atoms with E-state index in [2.05, 4.69) is 29.5 Å². The number of nitrogens with zero attached hydrogens (tertiary/aromatic N) is 1. The summed E-state index contributed by atoms with van der Waals surface area (Å²) in [5, 5.41) is 5.97. The first-order valence-electron chi connectivity index (χ1n) is 5.58. The van der Waals surface area contributed by atoms with Gasteiger partial charge in [0, 0.05) is 12.2 Å². The van der Waals surface area contributed by atoms with E-state index in [4.69, 9.17) is 0 Å². The number of aryl methyl sites for hydroxylation is 1. The molecule has 0 aliphatic heterocycles. The molecular weight excluding hydrogens is 202 g/mol. The standard InChI is InChI=1S/C12H19N3O/c1-4-9(2)14-8-12(16)15-11-6-5-7-13-10(11)3/h5-7,9,14H,4,8H2,1-3H3,(H,15,16). The molecule has 1 heterocycles. The third-order valence-corrected chi connectivity index (χ3v) is 2.50. The van der Waals surface area contributed by atoms with Gasteiger partial charge in [0.1, 0.15) is 0 Å². The van der Waals surface area contributed by atoms with Gasteiger partial charge < -0.3 is 10.6 Å². The Morgan fingerprint density at radius 3 is 2.94 bits per heavy atom. The Labute approximate surface area is 96.5 Å². The van der Waals surface area contributed by atoms with Crippen molar-refractivity contribution in [2.24, 2.45) is 0 Å². The summed E-state index contributed by atoms with van der Waals surface area (Å²) in [6, 6.07) is 4.02. The first-order valence-corrected chi connectivity index (χ1v) is 5.58. The average molecular weight is 221 g/mol. The molecule has 1 unspecified atom stereocenters. The molecule has 4 nitrogen and oxygen atoms in total. The minimum Gasteiger partial charge on any atom is -0.323 e. The highest BCUT2D eigenvalue weighted by Crippen LogP contribution is 2.09. The number of rotatable bonds is 5. The van der Waals surface area contributed by atoms with Crippen LogP contribution in [0.15, 0.2) is 18.3 Å². The Morgan fingerprint density at radius 1 is 1.56 bits per heavy atom. The van der Waals surface area contributed by atoms with Crippen molar-refractivity contribution in [3.63, 3.8) is 0 Å². The first-order chi connectivity index (χ1) is 7.63. The predicted molar refractivity (Wildman–Crippen MR) is 65.4 cm³/mol. The monoisotopic (exact) mass is 221 g/mol. The zero-order valence-electron chi connectivity index (χ0n) is 10.1. The van der Waals surface area contributed by atoms with Crippen molar-refractivity contribution in [1.82, 2.24) is 10.3 Å². The summed E-state index contributed by atoms with van der Waals surface area (Å²) < 4.78 is 0. The Morgan fingerprint density at radius 2 is 2.31 bits per heavy atom. The van der Waals surface area contributed by atoms with E-state index < -0.39 is 0 Å². The molecule has 1 rings (SSSR count). The Hall–Kier alpha value is -1.42. The first kappa shape index (κ1) is 12.6. The number of nitrogens with one attached hydrogen (secondary N) is 2. The fourth-order valence-corrected chi connectivity index (χ4v) is 1.22. The summed E-state index contributed by atoms with van der Waals surface area (Å²) in [5.41, 5.74) is 1.61. The van der Waals surface area contributed by atoms with Crippen LogP contribution < -0.4 is 10.6 Å². The van der Waals surface area contributed by atoms with Crippen LogP contribution in [-0.2, 0) is 4.79 Å². The molecule has 0 radical (unpaired) electrons. The number of hydrogen-bond donors (Lipinski definition) is 2. The molecule has 0 bridgehead atoms. The minimum atomic E-state index is -0.0311. The van der Waals surface area contributed by atoms with Crippen molar-refractivity contribution in [3.05, 3.63) is 24.0 Å². The molecule has 1 amide bonds. The van der Waals surface area contributed by atoms with Crippen LogP contribution in [-0.4, -0.2) is 23.5 Å². The highest BCUT2D eigenvalue weighted by molar-refractivity contribution is 5.92. The predicted octanol–water partition coefficient (Wildman–Crippen LogP) is 1.72. The second kappa shape index (κ2) is 6.23. The lowest BCUT2D eigenvalue weighted by Crippen LogP contribution is -2.34. The molecule has 0 saturated carbocycles. The maximum absolute atomic E-state index is 11.6. The third kappa shape index (κ3) is 3.98. The molecule has 1 aromatic rings. The number of amides is 1. The number of carbonyl (C=O) groups excluding carboxylic acids is 1. The number of hydrogen-bond acceptors (Lipinski definition) is 3. The lowest BCUT2D eigenvalue weighted by atomic mass is 10.2. The molecule has 0 fully saturated rings. The van der Waals surface area contributed by atoms with Crippen LogP contribution in [0.25, 0.3) is 0 Å². The van der Waals surface area contributed by atoms with E-state index in [1.807, 2.05) is 19.1 Å². The second-order valence-corrected chi connectivity index (χ2v) is 3.87. The molecule has 0 aromatic carbocycles. The largest absolute Gasteiger partial charge is 0.323 e. The topological polar surface area (TPSA) is 54.0 Å². The summed E-state index contributed by atoms with van der Waals surface area (Å²) >= 11 is 0. The summed E-state index contributed by atoms with van der Waals surface area (Å²) in [6.45, 7) is 6.35. The molecule has 1 atom stereocenters. The van der Waals surface area contributed by atoms with E-state index in [-0.39, 0.29) is 5.91 Å². The van der Waals surface area contributed by atoms with Gasteiger partial charge >= 0.3 is 0 Å². The minimum absolute atomic E-state index is 0.0311. The smallest absolute Gasteiger partial charge is 0.238 e. The van der Waals surface area contributed by atoms with E-state index in [0.717, 1.165) is 17.8 Å². The highest BCUT2D eigenvalue weighted by Gasteiger charge is 2.05. The van der Waals surface area contributed by atoms with Crippen LogP contribution in [0.2, 0.25) is 0 Å². The van der Waals surface area contributed by atoms with E-state index in [1.165, 1.54) is 0 Å². The lowest BCUT2D eigenvalue weighted by molar-refractivity contribution is -0.115. The highest BCUT2D eigenvalue weighted by atomic mass is 16.1. The normalized spacial score (nSPS) is 12.2. The molecule has 88 valence electrons. The molecule has 0 spiro atoms. The van der Waals surface area contributed by atoms with Crippen LogP contribution in [0, 0.1) is 6.92 Å². The van der Waals surface area contributed by atoms with Crippen molar-refractivity contribution < 1.29 is 4.79 Å². The van der Waals surface area contributed by atoms with Gasteiger partial charge in [-0.15, -0.1) is 0 Å². The lowest BCUT2D eigenvalue weighted by Gasteiger charge is -2.11. The molecule has 0 saturated heterocycles. The molecule has 1 aromatic heterocycles. The second-order valence-electron chi connectivity index (χ2n) is 3.87. The van der Waals surface area contributed by atoms with Crippen LogP contribution in [0.1, 0.15) is 26.0 Å². The van der Waals surface area contributed by atoms with E-state index in [0.29, 0.717) is 12.6 Å². The van der Waals surface area contributed by atoms with Crippen molar-refractivity contribution in [2.75, 3.05) is 11.9 Å². The van der Waals surface area contributed by atoms with Crippen molar-refractivity contribution in [1.29, 1.82) is 0 Å². The molecule has 0 aliphatic rings. The summed E-state index contributed by atoms with van der Waals surface area (Å²) in [7, 11) is 0. The van der Waals surface area contributed by atoms with Gasteiger partial charge in [-0.25, -0.2) is 0 Å². The van der Waals surface area contributed by atoms with Gasteiger partial charge in [0.15, 0.2) is 0 Å². The number of aromatic nitrogens is 1. The van der Waals surface area contributed by atoms with Gasteiger partial charge in [0.05, 0.1) is 17.9 Å². The van der Waals surface area contributed by atoms with Gasteiger partial charge in [-0.2, -0.15) is 0 Å². The van der Waals surface area contributed by atoms with Crippen LogP contribution >= 0.6 is 0 Å². The van der Waals surface area contributed by atoms with Crippen LogP contribution in [0.3, 0.4) is 0 Å². The zero-order valence-corrected chi connectivity index (χ0v) is 10.1. The van der Waals surface area contributed by atoms with E-state index in [9.17, 15) is 4.79 Å². The SMILES string of the molecule is CCC(C)NCC(=O)Nc1cccnc1C. The van der Waals surface area contributed by atoms with Gasteiger partial charge in [-0.05, 0) is 32.4 Å². The summed E-state index contributed by atoms with van der Waals surface area (Å²) in [4.78, 5) is 15.7. The fraction of sp³-hybridized carbons (Fsp3) is 0.500. The third-order valence-electron chi connectivity index (χ3n) is 2.50. The molecule has 4 heteroatoms. The molecular formula is C12H19N3O. The maximum atomic E-state index is 11.6. The molecule has 2 N–H and O–H groups in total. The average Bonchev–Trinajstić information content (AvgIpc) is 2.29. The van der Waals surface area contributed by atoms with Crippen molar-refractivity contribution in [3.8, 4) is 0 Å². The van der Waals surface area contributed by atoms with Gasteiger partial charge in [-0.3, -0.25) is 9.78 Å². The summed E-state index contributed by atoms with van der Waals surface area (Å²) in [5.74, 6) is -0.0311. The van der Waals surface area contributed by atoms with E-state index in [1.54, 1.807) is 6.20 Å². The van der Waals surface area contributed by atoms with Gasteiger partial charge in [-0.1, -0.05) is 6.92 Å². The number of pyridine rings is 1. The number of carbonyl (C=O) groups is 1. The Balaban J connectivity index is 2.43. The van der Waals surface area contributed by atoms with Crippen LogP contribution in [0.4, 0.5) is 5.69 Å². The quantitative estimate of drug-likeness (QED) is 0.796. The molecule has 16 heavy (non-hydrogen) atoms. The van der Waals surface area contributed by atoms with Crippen molar-refractivity contribution in [2.45, 2.75) is 33.2 Å². The van der Waals surface area contributed by atoms with Crippen LogP contribution in [0.5, 0.6) is 0 Å². The number of anilines is 1. The Bertz CT molecular complexity index is 352. The van der Waals surface area contributed by atoms with E-state index >= 15 is 0 Å². The fourth-order valence-electron chi connectivity index (χ4n) is 1.22. The molecule has 0 aliphatic carbocycles. The maximum Gasteiger partial charge on any atom is 0.238 e. The Kier molecular flexibility index (Phi) is 4.92. The van der Waals surface area contributed by atoms with Crippen molar-refractivity contribution >= 4 is 11.6 Å². The summed E-state index contributed by atoms with van der Waals surface area (Å²) in [6.07, 6.45) is 2.72. The van der Waals surface area contributed by atoms with Gasteiger partial charge in [0.25, 0.3) is 0 Å². The zero-order chi connectivity index (χ0) is 12.0. The van der Waals surface area contributed by atoms with Gasteiger partial charge in [0.2, 0.25) is 5.91 Å².